The predicted molar refractivity (Wildman–Crippen MR) is 126 cm³/mol. The van der Waals surface area contributed by atoms with Crippen molar-refractivity contribution in [3.8, 4) is 11.1 Å². The van der Waals surface area contributed by atoms with E-state index in [0.717, 1.165) is 36.3 Å². The monoisotopic (exact) mass is 424 g/mol. The number of rotatable bonds is 8. The number of anilines is 2. The number of nitrogens with zero attached hydrogens (tertiary/aromatic N) is 3. The fourth-order valence-electron chi connectivity index (χ4n) is 4.02. The van der Waals surface area contributed by atoms with Crippen molar-refractivity contribution in [2.75, 3.05) is 50.5 Å². The van der Waals surface area contributed by atoms with E-state index in [1.165, 1.54) is 0 Å². The summed E-state index contributed by atoms with van der Waals surface area (Å²) in [4.78, 5) is 36.4. The molecular weight excluding hydrogens is 392 g/mol. The van der Waals surface area contributed by atoms with Crippen LogP contribution in [0.4, 0.5) is 11.5 Å². The van der Waals surface area contributed by atoms with Crippen molar-refractivity contribution in [3.05, 3.63) is 53.1 Å². The molecule has 1 atom stereocenters. The largest absolute Gasteiger partial charge is 0.373 e. The highest BCUT2D eigenvalue weighted by Crippen LogP contribution is 2.26. The predicted octanol–water partition coefficient (Wildman–Crippen LogP) is 2.07. The Balaban J connectivity index is 1.84. The number of likely N-dealkylation sites (tertiary alicyclic amines) is 1. The van der Waals surface area contributed by atoms with Gasteiger partial charge in [0, 0.05) is 63.3 Å². The van der Waals surface area contributed by atoms with Gasteiger partial charge in [0.1, 0.15) is 11.5 Å². The van der Waals surface area contributed by atoms with Gasteiger partial charge in [0.25, 0.3) is 5.56 Å². The third kappa shape index (κ3) is 5.52. The average Bonchev–Trinajstić information content (AvgIpc) is 2.81. The van der Waals surface area contributed by atoms with Crippen LogP contribution in [0, 0.1) is 0 Å². The molecule has 0 radical (unpaired) electrons. The first-order chi connectivity index (χ1) is 15.1. The third-order valence-corrected chi connectivity index (χ3v) is 5.61. The van der Waals surface area contributed by atoms with E-state index < -0.39 is 0 Å². The Morgan fingerprint density at radius 1 is 1.35 bits per heavy atom. The Morgan fingerprint density at radius 3 is 2.94 bits per heavy atom. The minimum atomic E-state index is -0.120. The first kappa shape index (κ1) is 22.6. The molecule has 0 bridgehead atoms. The zero-order valence-electron chi connectivity index (χ0n) is 18.5. The minimum absolute atomic E-state index is 0.0232. The molecule has 0 saturated carbocycles. The molecule has 166 valence electrons. The van der Waals surface area contributed by atoms with E-state index in [-0.39, 0.29) is 17.5 Å². The van der Waals surface area contributed by atoms with Crippen molar-refractivity contribution in [2.45, 2.75) is 25.8 Å². The van der Waals surface area contributed by atoms with Gasteiger partial charge in [-0.15, -0.1) is 0 Å². The summed E-state index contributed by atoms with van der Waals surface area (Å²) >= 11 is 0. The molecule has 1 aliphatic heterocycles. The molecule has 3 heterocycles. The van der Waals surface area contributed by atoms with Crippen LogP contribution in [0.5, 0.6) is 0 Å². The first-order valence-electron chi connectivity index (χ1n) is 10.8. The van der Waals surface area contributed by atoms with Crippen LogP contribution in [0.1, 0.15) is 19.8 Å². The quantitative estimate of drug-likeness (QED) is 0.562. The maximum Gasteiger partial charge on any atom is 0.271 e. The number of aromatic nitrogens is 2. The van der Waals surface area contributed by atoms with Gasteiger partial charge < -0.3 is 25.4 Å². The molecule has 31 heavy (non-hydrogen) atoms. The van der Waals surface area contributed by atoms with Crippen molar-refractivity contribution in [2.24, 2.45) is 0 Å². The first-order valence-corrected chi connectivity index (χ1v) is 10.8. The maximum absolute atomic E-state index is 12.7. The number of nitrogens with one attached hydrogen (secondary N) is 3. The zero-order chi connectivity index (χ0) is 22.2. The van der Waals surface area contributed by atoms with Crippen LogP contribution in [0.3, 0.4) is 0 Å². The highest BCUT2D eigenvalue weighted by Gasteiger charge is 2.28. The number of amides is 1. The van der Waals surface area contributed by atoms with Gasteiger partial charge in [0.2, 0.25) is 5.91 Å². The number of carbonyl (C=O) groups excluding carboxylic acids is 1. The van der Waals surface area contributed by atoms with Crippen LogP contribution in [0.15, 0.2) is 47.5 Å². The summed E-state index contributed by atoms with van der Waals surface area (Å²) in [6.45, 7) is 4.76. The number of piperidine rings is 1. The molecule has 8 nitrogen and oxygen atoms in total. The number of carbonyl (C=O) groups is 1. The molecule has 3 rings (SSSR count). The Bertz CT molecular complexity index is 971. The summed E-state index contributed by atoms with van der Waals surface area (Å²) in [6, 6.07) is 5.91. The van der Waals surface area contributed by atoms with Crippen molar-refractivity contribution in [1.29, 1.82) is 0 Å². The average molecular weight is 425 g/mol. The van der Waals surface area contributed by atoms with Gasteiger partial charge in [-0.25, -0.2) is 4.98 Å². The number of hydrogen-bond donors (Lipinski definition) is 3. The Morgan fingerprint density at radius 2 is 2.19 bits per heavy atom. The number of hydrogen-bond acceptors (Lipinski definition) is 6. The summed E-state index contributed by atoms with van der Waals surface area (Å²) in [5, 5.41) is 6.05. The molecule has 0 aliphatic carbocycles. The van der Waals surface area contributed by atoms with Crippen LogP contribution in [-0.2, 0) is 4.79 Å². The lowest BCUT2D eigenvalue weighted by Crippen LogP contribution is -2.50. The lowest BCUT2D eigenvalue weighted by atomic mass is 10.0. The molecule has 0 unspecified atom stereocenters. The van der Waals surface area contributed by atoms with Crippen molar-refractivity contribution >= 4 is 17.4 Å². The summed E-state index contributed by atoms with van der Waals surface area (Å²) in [7, 11) is 3.68. The van der Waals surface area contributed by atoms with Gasteiger partial charge in [-0.05, 0) is 50.6 Å². The Hall–Kier alpha value is -3.13. The Labute approximate surface area is 183 Å². The molecule has 1 amide bonds. The normalized spacial score (nSPS) is 16.5. The lowest BCUT2D eigenvalue weighted by molar-refractivity contribution is -0.127. The molecule has 1 fully saturated rings. The van der Waals surface area contributed by atoms with Crippen LogP contribution in [-0.4, -0.2) is 67.1 Å². The minimum Gasteiger partial charge on any atom is -0.373 e. The van der Waals surface area contributed by atoms with Crippen LogP contribution < -0.4 is 21.1 Å². The molecule has 2 aromatic heterocycles. The van der Waals surface area contributed by atoms with E-state index in [1.807, 2.05) is 50.2 Å². The van der Waals surface area contributed by atoms with E-state index in [1.54, 1.807) is 18.5 Å². The van der Waals surface area contributed by atoms with E-state index in [9.17, 15) is 9.59 Å². The van der Waals surface area contributed by atoms with Gasteiger partial charge in [0.05, 0.1) is 0 Å². The molecular formula is C23H32N6O2. The summed E-state index contributed by atoms with van der Waals surface area (Å²) in [6.07, 6.45) is 8.81. The Kier molecular flexibility index (Phi) is 7.83. The second kappa shape index (κ2) is 10.8. The molecule has 0 aromatic carbocycles. The van der Waals surface area contributed by atoms with Gasteiger partial charge in [-0.1, -0.05) is 6.08 Å². The van der Waals surface area contributed by atoms with Gasteiger partial charge >= 0.3 is 0 Å². The molecule has 8 heteroatoms. The topological polar surface area (TPSA) is 93.4 Å². The highest BCUT2D eigenvalue weighted by molar-refractivity contribution is 5.87. The summed E-state index contributed by atoms with van der Waals surface area (Å²) in [5.41, 5.74) is 2.41. The molecule has 1 aliphatic rings. The van der Waals surface area contributed by atoms with Crippen LogP contribution in [0.2, 0.25) is 0 Å². The fourth-order valence-corrected chi connectivity index (χ4v) is 4.02. The number of aromatic amines is 1. The van der Waals surface area contributed by atoms with Crippen molar-refractivity contribution in [1.82, 2.24) is 20.2 Å². The van der Waals surface area contributed by atoms with E-state index >= 15 is 0 Å². The van der Waals surface area contributed by atoms with Gasteiger partial charge in [0.15, 0.2) is 0 Å². The number of pyridine rings is 2. The molecule has 0 spiro atoms. The molecule has 2 aromatic rings. The van der Waals surface area contributed by atoms with E-state index in [0.29, 0.717) is 25.3 Å². The number of likely N-dealkylation sites (N-methyl/N-ethyl adjacent to an activating group) is 2. The fraction of sp³-hybridized carbons (Fsp3) is 0.435. The van der Waals surface area contributed by atoms with E-state index in [4.69, 9.17) is 0 Å². The SMILES string of the molecule is CCN(c1cc(-c2ccnc(NC)c2)c[nH]c1=O)[C@@H]1CCCN(C(=O)/C=C/CNC)C1. The second-order valence-electron chi connectivity index (χ2n) is 7.61. The van der Waals surface area contributed by atoms with Gasteiger partial charge in [-0.2, -0.15) is 0 Å². The maximum atomic E-state index is 12.7. The van der Waals surface area contributed by atoms with Crippen LogP contribution >= 0.6 is 0 Å². The van der Waals surface area contributed by atoms with Crippen molar-refractivity contribution in [3.63, 3.8) is 0 Å². The number of H-pyrrole nitrogens is 1. The van der Waals surface area contributed by atoms with E-state index in [2.05, 4.69) is 25.5 Å². The molecule has 3 N–H and O–H groups in total. The molecule has 1 saturated heterocycles. The van der Waals surface area contributed by atoms with Crippen LogP contribution in [0.25, 0.3) is 11.1 Å². The standard InChI is InChI=1S/C23H32N6O2/c1-4-29(19-7-6-12-28(16-19)22(30)8-5-10-24-2)20-13-18(15-27-23(20)31)17-9-11-26-21(14-17)25-3/h5,8-9,11,13-15,19,24H,4,6-7,10,12,16H2,1-3H3,(H,25,26)(H,27,31)/b8-5+/t19-/m1/s1. The lowest BCUT2D eigenvalue weighted by Gasteiger charge is -2.39. The summed E-state index contributed by atoms with van der Waals surface area (Å²) in [5.74, 6) is 0.792. The highest BCUT2D eigenvalue weighted by atomic mass is 16.2. The zero-order valence-corrected chi connectivity index (χ0v) is 18.5. The van der Waals surface area contributed by atoms with Gasteiger partial charge in [-0.3, -0.25) is 9.59 Å². The third-order valence-electron chi connectivity index (χ3n) is 5.61. The second-order valence-corrected chi connectivity index (χ2v) is 7.61. The smallest absolute Gasteiger partial charge is 0.271 e. The summed E-state index contributed by atoms with van der Waals surface area (Å²) < 4.78 is 0. The van der Waals surface area contributed by atoms with Crippen molar-refractivity contribution < 1.29 is 4.79 Å².